The average Bonchev–Trinajstić information content (AvgIpc) is 2.01. The Balaban J connectivity index is 4.74. The van der Waals surface area contributed by atoms with Crippen molar-refractivity contribution < 1.29 is 9.59 Å². The summed E-state index contributed by atoms with van der Waals surface area (Å²) in [6.45, 7) is 3.92. The van der Waals surface area contributed by atoms with Gasteiger partial charge >= 0.3 is 0 Å². The monoisotopic (exact) mass is 456 g/mol. The Labute approximate surface area is 112 Å². The molecule has 7 heteroatoms. The van der Waals surface area contributed by atoms with Gasteiger partial charge in [0.15, 0.2) is 0 Å². The smallest absolute Gasteiger partial charge is 0.208 e. The standard InChI is InChI=1S/C6H8Br4O2Si/c1-13(2,5(9)3(7)11)6(10)4(8)12/h5-6H,1-2H3. The van der Waals surface area contributed by atoms with Crippen LogP contribution in [0.3, 0.4) is 0 Å². The molecule has 0 saturated carbocycles. The van der Waals surface area contributed by atoms with Gasteiger partial charge in [0.25, 0.3) is 0 Å². The van der Waals surface area contributed by atoms with Gasteiger partial charge in [0, 0.05) is 0 Å². The van der Waals surface area contributed by atoms with Crippen LogP contribution in [0.2, 0.25) is 13.1 Å². The summed E-state index contributed by atoms with van der Waals surface area (Å²) in [5.41, 5.74) is 0. The zero-order valence-electron chi connectivity index (χ0n) is 6.98. The average molecular weight is 460 g/mol. The fraction of sp³-hybridized carbons (Fsp3) is 0.667. The molecule has 0 heterocycles. The van der Waals surface area contributed by atoms with Crippen LogP contribution in [0.25, 0.3) is 0 Å². The minimum Gasteiger partial charge on any atom is -0.286 e. The highest BCUT2D eigenvalue weighted by molar-refractivity contribution is 9.20. The van der Waals surface area contributed by atoms with Crippen molar-refractivity contribution in [3.63, 3.8) is 0 Å². The molecule has 76 valence electrons. The summed E-state index contributed by atoms with van der Waals surface area (Å²) in [6.07, 6.45) is 0. The molecule has 0 saturated heterocycles. The van der Waals surface area contributed by atoms with Crippen LogP contribution in [0.15, 0.2) is 0 Å². The van der Waals surface area contributed by atoms with Gasteiger partial charge in [-0.2, -0.15) is 0 Å². The maximum absolute atomic E-state index is 11.1. The highest BCUT2D eigenvalue weighted by atomic mass is 79.9. The molecule has 0 aromatic carbocycles. The van der Waals surface area contributed by atoms with Crippen molar-refractivity contribution in [2.75, 3.05) is 0 Å². The molecule has 0 aliphatic heterocycles. The quantitative estimate of drug-likeness (QED) is 0.368. The molecular formula is C6H8Br4O2Si. The predicted octanol–water partition coefficient (Wildman–Crippen LogP) is 3.14. The number of hydrogen-bond acceptors (Lipinski definition) is 2. The van der Waals surface area contributed by atoms with E-state index in [1.165, 1.54) is 0 Å². The molecule has 13 heavy (non-hydrogen) atoms. The molecule has 0 fully saturated rings. The molecule has 0 radical (unpaired) electrons. The van der Waals surface area contributed by atoms with Crippen LogP contribution in [-0.4, -0.2) is 26.4 Å². The van der Waals surface area contributed by atoms with E-state index in [-0.39, 0.29) is 18.3 Å². The van der Waals surface area contributed by atoms with Crippen molar-refractivity contribution in [1.82, 2.24) is 0 Å². The maximum atomic E-state index is 11.1. The summed E-state index contributed by atoms with van der Waals surface area (Å²) >= 11 is 12.4. The lowest BCUT2D eigenvalue weighted by molar-refractivity contribution is -0.108. The van der Waals surface area contributed by atoms with Gasteiger partial charge in [-0.15, -0.1) is 0 Å². The van der Waals surface area contributed by atoms with E-state index in [1.54, 1.807) is 0 Å². The first-order valence-electron chi connectivity index (χ1n) is 3.38. The van der Waals surface area contributed by atoms with Gasteiger partial charge in [0.1, 0.15) is 0 Å². The molecule has 0 aliphatic carbocycles. The van der Waals surface area contributed by atoms with Gasteiger partial charge in [0.2, 0.25) is 9.39 Å². The van der Waals surface area contributed by atoms with Crippen molar-refractivity contribution >= 4 is 81.2 Å². The number of carbonyl (C=O) groups excluding carboxylic acids is 2. The van der Waals surface area contributed by atoms with Crippen molar-refractivity contribution in [2.24, 2.45) is 0 Å². The van der Waals surface area contributed by atoms with Crippen LogP contribution in [0, 0.1) is 0 Å². The summed E-state index contributed by atoms with van der Waals surface area (Å²) in [7, 11) is -2.00. The molecule has 0 amide bonds. The number of hydrogen-bond donors (Lipinski definition) is 0. The van der Waals surface area contributed by atoms with Crippen LogP contribution in [0.5, 0.6) is 0 Å². The third-order valence-electron chi connectivity index (χ3n) is 1.70. The van der Waals surface area contributed by atoms with Gasteiger partial charge in [-0.25, -0.2) is 0 Å². The summed E-state index contributed by atoms with van der Waals surface area (Å²) in [5.74, 6) is 0. The first kappa shape index (κ1) is 14.5. The minimum atomic E-state index is -2.00. The lowest BCUT2D eigenvalue weighted by Gasteiger charge is -2.28. The largest absolute Gasteiger partial charge is 0.286 e. The van der Waals surface area contributed by atoms with Gasteiger partial charge in [-0.1, -0.05) is 45.0 Å². The Morgan fingerprint density at radius 2 is 1.23 bits per heavy atom. The lowest BCUT2D eigenvalue weighted by Crippen LogP contribution is -2.51. The second-order valence-corrected chi connectivity index (χ2v) is 13.0. The number of alkyl halides is 2. The first-order chi connectivity index (χ1) is 5.71. The maximum Gasteiger partial charge on any atom is 0.208 e. The van der Waals surface area contributed by atoms with E-state index in [0.717, 1.165) is 0 Å². The molecule has 2 atom stereocenters. The third-order valence-corrected chi connectivity index (χ3v) is 15.7. The van der Waals surface area contributed by atoms with Crippen LogP contribution >= 0.6 is 63.7 Å². The molecule has 0 bridgehead atoms. The van der Waals surface area contributed by atoms with Crippen LogP contribution in [0.4, 0.5) is 0 Å². The van der Waals surface area contributed by atoms with E-state index in [4.69, 9.17) is 0 Å². The second kappa shape index (κ2) is 5.53. The number of rotatable bonds is 4. The molecule has 0 aromatic rings. The Bertz CT molecular complexity index is 209. The molecule has 0 aromatic heterocycles. The zero-order chi connectivity index (χ0) is 10.8. The summed E-state index contributed by atoms with van der Waals surface area (Å²) in [6, 6.07) is 0. The van der Waals surface area contributed by atoms with E-state index in [2.05, 4.69) is 63.7 Å². The lowest BCUT2D eigenvalue weighted by atomic mass is 10.9. The van der Waals surface area contributed by atoms with Crippen molar-refractivity contribution in [2.45, 2.75) is 22.0 Å². The molecule has 2 nitrogen and oxygen atoms in total. The Morgan fingerprint density at radius 3 is 1.38 bits per heavy atom. The summed E-state index contributed by atoms with van der Waals surface area (Å²) in [4.78, 5) is 22.1. The highest BCUT2D eigenvalue weighted by Crippen LogP contribution is 2.29. The SMILES string of the molecule is C[Si](C)(C(Br)C(=O)Br)C(Br)C(=O)Br. The Morgan fingerprint density at radius 1 is 1.00 bits per heavy atom. The van der Waals surface area contributed by atoms with Crippen LogP contribution in [0.1, 0.15) is 0 Å². The molecule has 2 unspecified atom stereocenters. The van der Waals surface area contributed by atoms with Crippen molar-refractivity contribution in [3.05, 3.63) is 0 Å². The fourth-order valence-electron chi connectivity index (χ4n) is 0.713. The van der Waals surface area contributed by atoms with E-state index < -0.39 is 8.07 Å². The Kier molecular flexibility index (Phi) is 6.16. The van der Waals surface area contributed by atoms with Crippen LogP contribution < -0.4 is 0 Å². The highest BCUT2D eigenvalue weighted by Gasteiger charge is 2.42. The van der Waals surface area contributed by atoms with Gasteiger partial charge in [-0.3, -0.25) is 9.59 Å². The zero-order valence-corrected chi connectivity index (χ0v) is 14.3. The molecule has 0 spiro atoms. The molecule has 0 aliphatic rings. The van der Waals surface area contributed by atoms with Crippen molar-refractivity contribution in [3.8, 4) is 0 Å². The topological polar surface area (TPSA) is 34.1 Å². The first-order valence-corrected chi connectivity index (χ1v) is 9.95. The normalized spacial score (nSPS) is 16.5. The van der Waals surface area contributed by atoms with Gasteiger partial charge in [0.05, 0.1) is 17.0 Å². The predicted molar refractivity (Wildman–Crippen MR) is 70.8 cm³/mol. The van der Waals surface area contributed by atoms with Gasteiger partial charge < -0.3 is 0 Å². The van der Waals surface area contributed by atoms with E-state index in [1.807, 2.05) is 13.1 Å². The van der Waals surface area contributed by atoms with Crippen molar-refractivity contribution in [1.29, 1.82) is 0 Å². The molecule has 0 rings (SSSR count). The fourth-order valence-corrected chi connectivity index (χ4v) is 8.33. The van der Waals surface area contributed by atoms with E-state index >= 15 is 0 Å². The summed E-state index contributed by atoms with van der Waals surface area (Å²) in [5, 5.41) is 0. The van der Waals surface area contributed by atoms with E-state index in [9.17, 15) is 9.59 Å². The number of carbonyl (C=O) groups is 2. The van der Waals surface area contributed by atoms with Gasteiger partial charge in [-0.05, 0) is 31.9 Å². The second-order valence-electron chi connectivity index (χ2n) is 3.15. The van der Waals surface area contributed by atoms with E-state index in [0.29, 0.717) is 0 Å². The summed E-state index contributed by atoms with van der Waals surface area (Å²) < 4.78 is -0.763. The Hall–Kier alpha value is 1.48. The molecular weight excluding hydrogens is 452 g/mol. The minimum absolute atomic E-state index is 0.109. The molecule has 0 N–H and O–H groups in total. The third kappa shape index (κ3) is 3.85. The number of halogens is 4. The van der Waals surface area contributed by atoms with Crippen LogP contribution in [-0.2, 0) is 9.59 Å².